The van der Waals surface area contributed by atoms with Gasteiger partial charge in [-0.05, 0) is 18.2 Å². The second-order valence-electron chi connectivity index (χ2n) is 2.06. The summed E-state index contributed by atoms with van der Waals surface area (Å²) in [6.07, 6.45) is 0. The molecule has 0 amide bonds. The number of halogens is 3. The molecule has 2 N–H and O–H groups in total. The molecule has 5 heteroatoms. The fraction of sp³-hybridized carbons (Fsp3) is 0.143. The molecule has 0 aromatic heterocycles. The third-order valence-corrected chi connectivity index (χ3v) is 2.21. The van der Waals surface area contributed by atoms with Gasteiger partial charge < -0.3 is 5.73 Å². The number of alkyl halides is 2. The van der Waals surface area contributed by atoms with E-state index >= 15 is 0 Å². The van der Waals surface area contributed by atoms with Crippen LogP contribution < -0.4 is 5.73 Å². The van der Waals surface area contributed by atoms with E-state index in [1.54, 1.807) is 6.07 Å². The van der Waals surface area contributed by atoms with E-state index in [9.17, 15) is 8.78 Å². The van der Waals surface area contributed by atoms with Gasteiger partial charge in [-0.1, -0.05) is 23.4 Å². The zero-order valence-electron chi connectivity index (χ0n) is 5.93. The number of thioether (sulfide) groups is 1. The van der Waals surface area contributed by atoms with E-state index in [1.165, 1.54) is 12.1 Å². The van der Waals surface area contributed by atoms with Crippen molar-refractivity contribution in [3.05, 3.63) is 23.2 Å². The highest BCUT2D eigenvalue weighted by Crippen LogP contribution is 2.31. The third kappa shape index (κ3) is 2.53. The van der Waals surface area contributed by atoms with Crippen molar-refractivity contribution in [3.63, 3.8) is 0 Å². The van der Waals surface area contributed by atoms with Gasteiger partial charge in [0.15, 0.2) is 0 Å². The summed E-state index contributed by atoms with van der Waals surface area (Å²) < 4.78 is 23.8. The first-order valence-corrected chi connectivity index (χ1v) is 4.35. The van der Waals surface area contributed by atoms with Gasteiger partial charge in [-0.2, -0.15) is 8.78 Å². The largest absolute Gasteiger partial charge is 0.398 e. The molecule has 66 valence electrons. The predicted molar refractivity (Wildman–Crippen MR) is 47.7 cm³/mol. The fourth-order valence-corrected chi connectivity index (χ4v) is 1.53. The van der Waals surface area contributed by atoms with Crippen LogP contribution in [-0.2, 0) is 0 Å². The van der Waals surface area contributed by atoms with Crippen molar-refractivity contribution < 1.29 is 8.78 Å². The van der Waals surface area contributed by atoms with Crippen molar-refractivity contribution in [2.45, 2.75) is 10.7 Å². The summed E-state index contributed by atoms with van der Waals surface area (Å²) >= 11 is 5.98. The molecular formula is C7H6ClF2NS. The predicted octanol–water partition coefficient (Wildman–Crippen LogP) is 3.24. The summed E-state index contributed by atoms with van der Waals surface area (Å²) in [4.78, 5) is 0.317. The maximum absolute atomic E-state index is 11.9. The Bertz CT molecular complexity index is 280. The van der Waals surface area contributed by atoms with Crippen molar-refractivity contribution in [2.75, 3.05) is 5.73 Å². The molecule has 0 aliphatic carbocycles. The van der Waals surface area contributed by atoms with Gasteiger partial charge in [0, 0.05) is 15.6 Å². The first-order valence-electron chi connectivity index (χ1n) is 3.09. The molecule has 0 spiro atoms. The lowest BCUT2D eigenvalue weighted by molar-refractivity contribution is 0.252. The Hall–Kier alpha value is -0.480. The summed E-state index contributed by atoms with van der Waals surface area (Å²) in [6.45, 7) is 0. The van der Waals surface area contributed by atoms with Crippen LogP contribution in [0.2, 0.25) is 5.02 Å². The molecule has 1 rings (SSSR count). The Kier molecular flexibility index (Phi) is 3.17. The van der Waals surface area contributed by atoms with E-state index in [0.29, 0.717) is 27.4 Å². The Morgan fingerprint density at radius 2 is 2.08 bits per heavy atom. The lowest BCUT2D eigenvalue weighted by atomic mass is 10.3. The van der Waals surface area contributed by atoms with Crippen molar-refractivity contribution in [2.24, 2.45) is 0 Å². The summed E-state index contributed by atoms with van der Waals surface area (Å²) in [5.41, 5.74) is 5.75. The number of nitrogen functional groups attached to an aromatic ring is 1. The van der Waals surface area contributed by atoms with Crippen molar-refractivity contribution in [3.8, 4) is 0 Å². The van der Waals surface area contributed by atoms with Gasteiger partial charge in [0.05, 0.1) is 0 Å². The number of anilines is 1. The van der Waals surface area contributed by atoms with Crippen LogP contribution in [0.4, 0.5) is 14.5 Å². The van der Waals surface area contributed by atoms with Crippen LogP contribution in [0, 0.1) is 0 Å². The number of hydrogen-bond donors (Lipinski definition) is 1. The second-order valence-corrected chi connectivity index (χ2v) is 3.53. The summed E-state index contributed by atoms with van der Waals surface area (Å²) in [6, 6.07) is 4.49. The van der Waals surface area contributed by atoms with Crippen LogP contribution in [0.15, 0.2) is 23.1 Å². The molecule has 0 atom stereocenters. The van der Waals surface area contributed by atoms with Crippen LogP contribution in [-0.4, -0.2) is 5.76 Å². The molecule has 0 unspecified atom stereocenters. The Balaban J connectivity index is 2.90. The van der Waals surface area contributed by atoms with Gasteiger partial charge in [0.25, 0.3) is 5.76 Å². The average molecular weight is 210 g/mol. The summed E-state index contributed by atoms with van der Waals surface area (Å²) in [5.74, 6) is -2.47. The molecule has 0 aliphatic heterocycles. The van der Waals surface area contributed by atoms with E-state index in [-0.39, 0.29) is 0 Å². The molecular weight excluding hydrogens is 204 g/mol. The van der Waals surface area contributed by atoms with E-state index in [1.807, 2.05) is 0 Å². The Morgan fingerprint density at radius 1 is 1.42 bits per heavy atom. The highest BCUT2D eigenvalue weighted by Gasteiger charge is 2.08. The van der Waals surface area contributed by atoms with E-state index in [0.717, 1.165) is 0 Å². The molecule has 0 saturated heterocycles. The third-order valence-electron chi connectivity index (χ3n) is 1.19. The summed E-state index contributed by atoms with van der Waals surface area (Å²) in [5, 5.41) is 0.410. The van der Waals surface area contributed by atoms with Gasteiger partial charge in [-0.15, -0.1) is 0 Å². The van der Waals surface area contributed by atoms with Crippen LogP contribution >= 0.6 is 23.4 Å². The van der Waals surface area contributed by atoms with Crippen LogP contribution in [0.5, 0.6) is 0 Å². The zero-order chi connectivity index (χ0) is 9.14. The van der Waals surface area contributed by atoms with Crippen LogP contribution in [0.3, 0.4) is 0 Å². The lowest BCUT2D eigenvalue weighted by Gasteiger charge is -2.03. The standard InChI is InChI=1S/C7H6ClF2NS/c8-4-1-2-5(11)6(3-4)12-7(9)10/h1-3,7H,11H2. The number of rotatable bonds is 2. The fourth-order valence-electron chi connectivity index (χ4n) is 0.706. The van der Waals surface area contributed by atoms with E-state index < -0.39 is 5.76 Å². The van der Waals surface area contributed by atoms with Crippen molar-refractivity contribution in [1.29, 1.82) is 0 Å². The number of nitrogens with two attached hydrogens (primary N) is 1. The number of hydrogen-bond acceptors (Lipinski definition) is 2. The van der Waals surface area contributed by atoms with Gasteiger partial charge in [-0.3, -0.25) is 0 Å². The molecule has 1 aromatic rings. The van der Waals surface area contributed by atoms with E-state index in [2.05, 4.69) is 0 Å². The smallest absolute Gasteiger partial charge is 0.288 e. The highest BCUT2D eigenvalue weighted by molar-refractivity contribution is 7.99. The minimum absolute atomic E-state index is 0.317. The quantitative estimate of drug-likeness (QED) is 0.598. The van der Waals surface area contributed by atoms with E-state index in [4.69, 9.17) is 17.3 Å². The normalized spacial score (nSPS) is 10.7. The lowest BCUT2D eigenvalue weighted by Crippen LogP contribution is -1.90. The molecule has 12 heavy (non-hydrogen) atoms. The molecule has 0 bridgehead atoms. The Morgan fingerprint density at radius 3 is 2.67 bits per heavy atom. The van der Waals surface area contributed by atoms with Crippen LogP contribution in [0.25, 0.3) is 0 Å². The molecule has 0 fully saturated rings. The molecule has 0 radical (unpaired) electrons. The summed E-state index contributed by atoms with van der Waals surface area (Å²) in [7, 11) is 0. The van der Waals surface area contributed by atoms with Gasteiger partial charge in [0.1, 0.15) is 0 Å². The SMILES string of the molecule is Nc1ccc(Cl)cc1SC(F)F. The maximum atomic E-state index is 11.9. The Labute approximate surface area is 77.9 Å². The molecule has 0 aliphatic rings. The number of benzene rings is 1. The molecule has 0 saturated carbocycles. The minimum Gasteiger partial charge on any atom is -0.398 e. The molecule has 1 aromatic carbocycles. The molecule has 1 nitrogen and oxygen atoms in total. The van der Waals surface area contributed by atoms with Crippen LogP contribution in [0.1, 0.15) is 0 Å². The zero-order valence-corrected chi connectivity index (χ0v) is 7.50. The molecule has 0 heterocycles. The average Bonchev–Trinajstić information content (AvgIpc) is 1.96. The minimum atomic E-state index is -2.47. The topological polar surface area (TPSA) is 26.0 Å². The highest BCUT2D eigenvalue weighted by atomic mass is 35.5. The van der Waals surface area contributed by atoms with Crippen molar-refractivity contribution >= 4 is 29.1 Å². The first-order chi connectivity index (χ1) is 5.59. The maximum Gasteiger partial charge on any atom is 0.288 e. The first kappa shape index (κ1) is 9.61. The monoisotopic (exact) mass is 209 g/mol. The van der Waals surface area contributed by atoms with Gasteiger partial charge in [0.2, 0.25) is 0 Å². The van der Waals surface area contributed by atoms with Gasteiger partial charge in [-0.25, -0.2) is 0 Å². The van der Waals surface area contributed by atoms with Crippen molar-refractivity contribution in [1.82, 2.24) is 0 Å². The second kappa shape index (κ2) is 3.96. The van der Waals surface area contributed by atoms with Gasteiger partial charge >= 0.3 is 0 Å².